The van der Waals surface area contributed by atoms with Crippen LogP contribution in [0.2, 0.25) is 0 Å². The van der Waals surface area contributed by atoms with E-state index in [1.807, 2.05) is 49.4 Å². The van der Waals surface area contributed by atoms with Gasteiger partial charge in [-0.3, -0.25) is 9.10 Å². The number of halogens is 1. The second-order valence-corrected chi connectivity index (χ2v) is 10.5. The van der Waals surface area contributed by atoms with Crippen LogP contribution < -0.4 is 9.62 Å². The number of carbonyl (C=O) groups is 1. The molecule has 0 heterocycles. The van der Waals surface area contributed by atoms with Crippen LogP contribution in [0.15, 0.2) is 77.3 Å². The van der Waals surface area contributed by atoms with Crippen LogP contribution in [0.3, 0.4) is 0 Å². The zero-order valence-electron chi connectivity index (χ0n) is 18.6. The van der Waals surface area contributed by atoms with Crippen molar-refractivity contribution in [1.29, 1.82) is 0 Å². The third-order valence-corrected chi connectivity index (χ3v) is 7.05. The highest BCUT2D eigenvalue weighted by Gasteiger charge is 2.19. The number of hydrogen-bond acceptors (Lipinski definition) is 4. The van der Waals surface area contributed by atoms with E-state index < -0.39 is 10.0 Å². The molecule has 6 nitrogen and oxygen atoms in total. The molecule has 0 aliphatic carbocycles. The zero-order valence-corrected chi connectivity index (χ0v) is 21.0. The van der Waals surface area contributed by atoms with Gasteiger partial charge in [-0.05, 0) is 53.9 Å². The van der Waals surface area contributed by atoms with Gasteiger partial charge >= 0.3 is 0 Å². The van der Waals surface area contributed by atoms with Crippen LogP contribution in [0.4, 0.5) is 5.69 Å². The molecular weight excluding hydrogens is 504 g/mol. The van der Waals surface area contributed by atoms with Gasteiger partial charge in [-0.1, -0.05) is 58.4 Å². The Morgan fingerprint density at radius 1 is 1.00 bits per heavy atom. The lowest BCUT2D eigenvalue weighted by atomic mass is 10.1. The molecule has 0 saturated carbocycles. The number of ether oxygens (including phenoxy) is 1. The SMILES string of the molecule is Cc1cc(N(Cc2ccc(C(=O)NCCOCc3ccccc3)cc2)S(C)(=O)=O)ccc1Br. The van der Waals surface area contributed by atoms with E-state index in [0.717, 1.165) is 21.2 Å². The number of hydrogen-bond donors (Lipinski definition) is 1. The summed E-state index contributed by atoms with van der Waals surface area (Å²) in [7, 11) is -3.49. The molecule has 3 aromatic rings. The van der Waals surface area contributed by atoms with E-state index in [4.69, 9.17) is 4.74 Å². The van der Waals surface area contributed by atoms with E-state index in [0.29, 0.717) is 31.0 Å². The monoisotopic (exact) mass is 530 g/mol. The first-order valence-electron chi connectivity index (χ1n) is 10.5. The van der Waals surface area contributed by atoms with Gasteiger partial charge < -0.3 is 10.1 Å². The topological polar surface area (TPSA) is 75.7 Å². The van der Waals surface area contributed by atoms with Crippen molar-refractivity contribution < 1.29 is 17.9 Å². The molecule has 8 heteroatoms. The van der Waals surface area contributed by atoms with Crippen molar-refractivity contribution in [2.45, 2.75) is 20.1 Å². The fourth-order valence-corrected chi connectivity index (χ4v) is 4.34. The first kappa shape index (κ1) is 25.0. The number of anilines is 1. The Morgan fingerprint density at radius 2 is 1.70 bits per heavy atom. The molecule has 0 radical (unpaired) electrons. The van der Waals surface area contributed by atoms with E-state index in [2.05, 4.69) is 21.2 Å². The summed E-state index contributed by atoms with van der Waals surface area (Å²) in [6, 6.07) is 22.2. The predicted molar refractivity (Wildman–Crippen MR) is 135 cm³/mol. The second kappa shape index (κ2) is 11.4. The molecule has 0 fully saturated rings. The third-order valence-electron chi connectivity index (χ3n) is 5.02. The fraction of sp³-hybridized carbons (Fsp3) is 0.240. The van der Waals surface area contributed by atoms with Crippen molar-refractivity contribution in [3.63, 3.8) is 0 Å². The number of rotatable bonds is 10. The third kappa shape index (κ3) is 7.42. The van der Waals surface area contributed by atoms with Gasteiger partial charge in [0.25, 0.3) is 5.91 Å². The molecule has 0 spiro atoms. The molecule has 0 aromatic heterocycles. The Hall–Kier alpha value is -2.68. The van der Waals surface area contributed by atoms with E-state index in [-0.39, 0.29) is 12.5 Å². The first-order chi connectivity index (χ1) is 15.7. The summed E-state index contributed by atoms with van der Waals surface area (Å²) in [5.41, 5.74) is 3.91. The Kier molecular flexibility index (Phi) is 8.66. The maximum absolute atomic E-state index is 12.4. The van der Waals surface area contributed by atoms with Crippen molar-refractivity contribution >= 4 is 37.5 Å². The Bertz CT molecular complexity index is 1180. The predicted octanol–water partition coefficient (Wildman–Crippen LogP) is 4.67. The van der Waals surface area contributed by atoms with Crippen LogP contribution in [0.25, 0.3) is 0 Å². The largest absolute Gasteiger partial charge is 0.375 e. The number of nitrogens with one attached hydrogen (secondary N) is 1. The quantitative estimate of drug-likeness (QED) is 0.386. The molecular formula is C25H27BrN2O4S. The number of benzene rings is 3. The number of nitrogens with zero attached hydrogens (tertiary/aromatic N) is 1. The number of carbonyl (C=O) groups excluding carboxylic acids is 1. The average molecular weight is 531 g/mol. The lowest BCUT2D eigenvalue weighted by Crippen LogP contribution is -2.29. The fourth-order valence-electron chi connectivity index (χ4n) is 3.21. The molecule has 0 aliphatic rings. The van der Waals surface area contributed by atoms with Crippen molar-refractivity contribution in [2.24, 2.45) is 0 Å². The van der Waals surface area contributed by atoms with Crippen molar-refractivity contribution in [2.75, 3.05) is 23.7 Å². The first-order valence-corrected chi connectivity index (χ1v) is 13.1. The molecule has 3 rings (SSSR count). The summed E-state index contributed by atoms with van der Waals surface area (Å²) in [5.74, 6) is -0.201. The normalized spacial score (nSPS) is 11.2. The minimum atomic E-state index is -3.49. The smallest absolute Gasteiger partial charge is 0.251 e. The Labute approximate surface area is 203 Å². The minimum absolute atomic E-state index is 0.176. The lowest BCUT2D eigenvalue weighted by molar-refractivity contribution is 0.0901. The van der Waals surface area contributed by atoms with Gasteiger partial charge in [-0.15, -0.1) is 0 Å². The van der Waals surface area contributed by atoms with Gasteiger partial charge in [0.1, 0.15) is 0 Å². The summed E-state index contributed by atoms with van der Waals surface area (Å²) < 4.78 is 32.7. The molecule has 3 aromatic carbocycles. The van der Waals surface area contributed by atoms with Crippen molar-refractivity contribution in [1.82, 2.24) is 5.32 Å². The summed E-state index contributed by atoms with van der Waals surface area (Å²) >= 11 is 3.44. The maximum Gasteiger partial charge on any atom is 0.251 e. The lowest BCUT2D eigenvalue weighted by Gasteiger charge is -2.23. The van der Waals surface area contributed by atoms with Gasteiger partial charge in [0.05, 0.1) is 31.7 Å². The molecule has 0 atom stereocenters. The summed E-state index contributed by atoms with van der Waals surface area (Å²) in [6.45, 7) is 3.40. The van der Waals surface area contributed by atoms with Crippen molar-refractivity contribution in [3.8, 4) is 0 Å². The van der Waals surface area contributed by atoms with E-state index >= 15 is 0 Å². The highest BCUT2D eigenvalue weighted by molar-refractivity contribution is 9.10. The molecule has 0 bridgehead atoms. The molecule has 0 unspecified atom stereocenters. The second-order valence-electron chi connectivity index (χ2n) is 7.69. The van der Waals surface area contributed by atoms with E-state index in [1.54, 1.807) is 30.3 Å². The van der Waals surface area contributed by atoms with Gasteiger partial charge in [0, 0.05) is 16.6 Å². The van der Waals surface area contributed by atoms with Crippen LogP contribution in [0, 0.1) is 6.92 Å². The summed E-state index contributed by atoms with van der Waals surface area (Å²) in [6.07, 6.45) is 1.19. The zero-order chi connectivity index (χ0) is 23.8. The molecule has 0 aliphatic heterocycles. The van der Waals surface area contributed by atoms with Crippen LogP contribution in [0.1, 0.15) is 27.0 Å². The molecule has 33 heavy (non-hydrogen) atoms. The van der Waals surface area contributed by atoms with Gasteiger partial charge in [0.15, 0.2) is 0 Å². The minimum Gasteiger partial charge on any atom is -0.375 e. The maximum atomic E-state index is 12.4. The van der Waals surface area contributed by atoms with Gasteiger partial charge in [0.2, 0.25) is 10.0 Å². The van der Waals surface area contributed by atoms with Gasteiger partial charge in [-0.2, -0.15) is 0 Å². The molecule has 1 N–H and O–H groups in total. The summed E-state index contributed by atoms with van der Waals surface area (Å²) in [4.78, 5) is 12.4. The van der Waals surface area contributed by atoms with Gasteiger partial charge in [-0.25, -0.2) is 8.42 Å². The number of amides is 1. The Balaban J connectivity index is 1.55. The highest BCUT2D eigenvalue weighted by atomic mass is 79.9. The molecule has 174 valence electrons. The van der Waals surface area contributed by atoms with E-state index in [1.165, 1.54) is 10.6 Å². The molecule has 0 saturated heterocycles. The Morgan fingerprint density at radius 3 is 2.33 bits per heavy atom. The van der Waals surface area contributed by atoms with Crippen molar-refractivity contribution in [3.05, 3.63) is 99.5 Å². The average Bonchev–Trinajstić information content (AvgIpc) is 2.79. The van der Waals surface area contributed by atoms with E-state index in [9.17, 15) is 13.2 Å². The molecule has 1 amide bonds. The van der Waals surface area contributed by atoms with Crippen LogP contribution in [0.5, 0.6) is 0 Å². The summed E-state index contributed by atoms with van der Waals surface area (Å²) in [5, 5.41) is 2.83. The van der Waals surface area contributed by atoms with Crippen LogP contribution in [-0.2, 0) is 27.9 Å². The number of sulfonamides is 1. The van der Waals surface area contributed by atoms with Crippen LogP contribution >= 0.6 is 15.9 Å². The highest BCUT2D eigenvalue weighted by Crippen LogP contribution is 2.26. The standard InChI is InChI=1S/C25H27BrN2O4S/c1-19-16-23(12-13-24(19)26)28(33(2,30)31)17-20-8-10-22(11-9-20)25(29)27-14-15-32-18-21-6-4-3-5-7-21/h3-13,16H,14-15,17-18H2,1-2H3,(H,27,29). The van der Waals surface area contributed by atoms with Crippen LogP contribution in [-0.4, -0.2) is 33.7 Å². The number of aryl methyl sites for hydroxylation is 1.